The maximum atomic E-state index is 13.2. The minimum atomic E-state index is -0.851. The minimum Gasteiger partial charge on any atom is -0.494 e. The molecule has 0 unspecified atom stereocenters. The van der Waals surface area contributed by atoms with Crippen LogP contribution in [-0.2, 0) is 16.0 Å². The van der Waals surface area contributed by atoms with Gasteiger partial charge in [0.2, 0.25) is 0 Å². The summed E-state index contributed by atoms with van der Waals surface area (Å²) in [5, 5.41) is 2.97. The van der Waals surface area contributed by atoms with Crippen LogP contribution in [0.3, 0.4) is 0 Å². The quantitative estimate of drug-likeness (QED) is 0.273. The van der Waals surface area contributed by atoms with E-state index in [1.165, 1.54) is 12.1 Å². The number of ether oxygens (including phenoxy) is 1. The van der Waals surface area contributed by atoms with Gasteiger partial charge in [-0.05, 0) is 60.5 Å². The Balaban J connectivity index is 1.73. The summed E-state index contributed by atoms with van der Waals surface area (Å²) in [6.07, 6.45) is 1.90. The van der Waals surface area contributed by atoms with E-state index < -0.39 is 17.8 Å². The Kier molecular flexibility index (Phi) is 7.60. The summed E-state index contributed by atoms with van der Waals surface area (Å²) in [5.41, 5.74) is 2.31. The van der Waals surface area contributed by atoms with Crippen molar-refractivity contribution in [2.75, 3.05) is 11.5 Å². The zero-order valence-corrected chi connectivity index (χ0v) is 21.6. The molecule has 1 heterocycles. The summed E-state index contributed by atoms with van der Waals surface area (Å²) in [7, 11) is 0. The lowest BCUT2D eigenvalue weighted by Crippen LogP contribution is -2.54. The number of urea groups is 1. The first-order valence-corrected chi connectivity index (χ1v) is 12.2. The summed E-state index contributed by atoms with van der Waals surface area (Å²) in [5.74, 6) is -1.04. The number of anilines is 1. The average Bonchev–Trinajstić information content (AvgIpc) is 2.80. The molecule has 35 heavy (non-hydrogen) atoms. The molecule has 0 aliphatic carbocycles. The van der Waals surface area contributed by atoms with Gasteiger partial charge in [0.15, 0.2) is 0 Å². The zero-order valence-electron chi connectivity index (χ0n) is 18.5. The van der Waals surface area contributed by atoms with Crippen molar-refractivity contribution in [3.05, 3.63) is 97.4 Å². The zero-order chi connectivity index (χ0) is 25.1. The van der Waals surface area contributed by atoms with Crippen molar-refractivity contribution in [1.82, 2.24) is 5.32 Å². The SMILES string of the molecule is CCOc1cc(/C=C2\C(=O)NC(=O)N(c3cccc(Cl)c3)C2=O)cc(Cl)c1Cc1ccccc1Br. The van der Waals surface area contributed by atoms with E-state index >= 15 is 0 Å². The van der Waals surface area contributed by atoms with Crippen molar-refractivity contribution in [1.29, 1.82) is 0 Å². The second kappa shape index (κ2) is 10.6. The highest BCUT2D eigenvalue weighted by atomic mass is 79.9. The van der Waals surface area contributed by atoms with E-state index in [2.05, 4.69) is 21.2 Å². The van der Waals surface area contributed by atoms with Gasteiger partial charge in [-0.1, -0.05) is 63.4 Å². The molecule has 9 heteroatoms. The van der Waals surface area contributed by atoms with Gasteiger partial charge in [-0.15, -0.1) is 0 Å². The molecule has 1 aliphatic rings. The van der Waals surface area contributed by atoms with Crippen LogP contribution in [0.4, 0.5) is 10.5 Å². The monoisotopic (exact) mass is 572 g/mol. The number of nitrogens with zero attached hydrogens (tertiary/aromatic N) is 1. The van der Waals surface area contributed by atoms with Gasteiger partial charge in [-0.2, -0.15) is 0 Å². The molecule has 0 radical (unpaired) electrons. The summed E-state index contributed by atoms with van der Waals surface area (Å²) in [6, 6.07) is 16.6. The van der Waals surface area contributed by atoms with Crippen molar-refractivity contribution in [2.45, 2.75) is 13.3 Å². The van der Waals surface area contributed by atoms with Crippen molar-refractivity contribution in [2.24, 2.45) is 0 Å². The highest BCUT2D eigenvalue weighted by Gasteiger charge is 2.37. The summed E-state index contributed by atoms with van der Waals surface area (Å²) >= 11 is 16.2. The second-order valence-corrected chi connectivity index (χ2v) is 9.32. The molecule has 0 bridgehead atoms. The summed E-state index contributed by atoms with van der Waals surface area (Å²) < 4.78 is 6.78. The molecule has 3 aromatic rings. The molecule has 178 valence electrons. The molecule has 1 N–H and O–H groups in total. The number of carbonyl (C=O) groups is 3. The van der Waals surface area contributed by atoms with Crippen LogP contribution in [0, 0.1) is 0 Å². The third kappa shape index (κ3) is 5.42. The topological polar surface area (TPSA) is 75.7 Å². The number of benzene rings is 3. The predicted octanol–water partition coefficient (Wildman–Crippen LogP) is 6.41. The lowest BCUT2D eigenvalue weighted by atomic mass is 10.0. The number of hydrogen-bond donors (Lipinski definition) is 1. The highest BCUT2D eigenvalue weighted by Crippen LogP contribution is 2.34. The number of halogens is 3. The number of imide groups is 2. The van der Waals surface area contributed by atoms with Gasteiger partial charge in [-0.3, -0.25) is 14.9 Å². The number of nitrogens with one attached hydrogen (secondary N) is 1. The van der Waals surface area contributed by atoms with Gasteiger partial charge >= 0.3 is 6.03 Å². The van der Waals surface area contributed by atoms with Gasteiger partial charge in [-0.25, -0.2) is 9.69 Å². The standard InChI is InChI=1S/C26H19BrCl2N2O4/c1-2-35-23-12-15(11-22(29)19(23)13-16-6-3-4-9-21(16)27)10-20-24(32)30-26(34)31(25(20)33)18-8-5-7-17(28)14-18/h3-12,14H,2,13H2,1H3,(H,30,32,34)/b20-10+. The van der Waals surface area contributed by atoms with E-state index in [9.17, 15) is 14.4 Å². The van der Waals surface area contributed by atoms with Crippen LogP contribution in [0.15, 0.2) is 70.7 Å². The van der Waals surface area contributed by atoms with E-state index in [4.69, 9.17) is 27.9 Å². The molecule has 1 aliphatic heterocycles. The van der Waals surface area contributed by atoms with Gasteiger partial charge in [0, 0.05) is 26.5 Å². The number of barbiturate groups is 1. The first-order valence-electron chi connectivity index (χ1n) is 10.6. The van der Waals surface area contributed by atoms with Gasteiger partial charge in [0.1, 0.15) is 11.3 Å². The van der Waals surface area contributed by atoms with Crippen molar-refractivity contribution in [3.8, 4) is 5.75 Å². The van der Waals surface area contributed by atoms with Crippen molar-refractivity contribution < 1.29 is 19.1 Å². The normalized spacial score (nSPS) is 14.9. The lowest BCUT2D eigenvalue weighted by Gasteiger charge is -2.26. The number of rotatable bonds is 6. The third-order valence-electron chi connectivity index (χ3n) is 5.28. The van der Waals surface area contributed by atoms with E-state index in [1.807, 2.05) is 31.2 Å². The Morgan fingerprint density at radius 3 is 2.51 bits per heavy atom. The molecule has 0 saturated carbocycles. The maximum absolute atomic E-state index is 13.2. The van der Waals surface area contributed by atoms with Crippen LogP contribution < -0.4 is 15.0 Å². The Morgan fingerprint density at radius 2 is 1.80 bits per heavy atom. The Bertz CT molecular complexity index is 1370. The molecule has 4 amide bonds. The Hall–Kier alpha value is -3.13. The molecule has 4 rings (SSSR count). The van der Waals surface area contributed by atoms with E-state index in [-0.39, 0.29) is 11.3 Å². The van der Waals surface area contributed by atoms with E-state index in [0.29, 0.717) is 34.4 Å². The third-order valence-corrected chi connectivity index (χ3v) is 6.63. The largest absolute Gasteiger partial charge is 0.494 e. The summed E-state index contributed by atoms with van der Waals surface area (Å²) in [4.78, 5) is 39.0. The number of amides is 4. The molecule has 0 spiro atoms. The van der Waals surface area contributed by atoms with Crippen LogP contribution in [0.2, 0.25) is 10.0 Å². The predicted molar refractivity (Wildman–Crippen MR) is 140 cm³/mol. The fraction of sp³-hybridized carbons (Fsp3) is 0.115. The van der Waals surface area contributed by atoms with Gasteiger partial charge in [0.25, 0.3) is 11.8 Å². The molecule has 0 atom stereocenters. The lowest BCUT2D eigenvalue weighted by molar-refractivity contribution is -0.122. The van der Waals surface area contributed by atoms with Crippen LogP contribution in [0.1, 0.15) is 23.6 Å². The first-order chi connectivity index (χ1) is 16.8. The van der Waals surface area contributed by atoms with Crippen LogP contribution >= 0.6 is 39.1 Å². The molecular formula is C26H19BrCl2N2O4. The van der Waals surface area contributed by atoms with Gasteiger partial charge in [0.05, 0.1) is 12.3 Å². The fourth-order valence-corrected chi connectivity index (χ4v) is 4.57. The molecule has 3 aromatic carbocycles. The number of hydrogen-bond acceptors (Lipinski definition) is 4. The smallest absolute Gasteiger partial charge is 0.335 e. The number of carbonyl (C=O) groups excluding carboxylic acids is 3. The van der Waals surface area contributed by atoms with Crippen molar-refractivity contribution in [3.63, 3.8) is 0 Å². The van der Waals surface area contributed by atoms with E-state index in [1.54, 1.807) is 30.3 Å². The molecular weight excluding hydrogens is 555 g/mol. The Labute approximate surface area is 220 Å². The molecule has 1 fully saturated rings. The summed E-state index contributed by atoms with van der Waals surface area (Å²) in [6.45, 7) is 2.25. The van der Waals surface area contributed by atoms with E-state index in [0.717, 1.165) is 20.5 Å². The molecule has 0 aromatic heterocycles. The molecule has 1 saturated heterocycles. The maximum Gasteiger partial charge on any atom is 0.335 e. The average molecular weight is 574 g/mol. The minimum absolute atomic E-state index is 0.221. The molecule has 6 nitrogen and oxygen atoms in total. The van der Waals surface area contributed by atoms with Crippen LogP contribution in [0.5, 0.6) is 5.75 Å². The Morgan fingerprint density at radius 1 is 1.03 bits per heavy atom. The fourth-order valence-electron chi connectivity index (χ4n) is 3.68. The van der Waals surface area contributed by atoms with Crippen LogP contribution in [-0.4, -0.2) is 24.5 Å². The first kappa shape index (κ1) is 25.0. The van der Waals surface area contributed by atoms with Crippen molar-refractivity contribution >= 4 is 68.7 Å². The second-order valence-electron chi connectivity index (χ2n) is 7.62. The van der Waals surface area contributed by atoms with Crippen LogP contribution in [0.25, 0.3) is 6.08 Å². The van der Waals surface area contributed by atoms with Gasteiger partial charge < -0.3 is 4.74 Å². The highest BCUT2D eigenvalue weighted by molar-refractivity contribution is 9.10.